The Hall–Kier alpha value is -4.00. The summed E-state index contributed by atoms with van der Waals surface area (Å²) in [6, 6.07) is 15.3. The third kappa shape index (κ3) is 6.89. The number of ether oxygens (including phenoxy) is 3. The Morgan fingerprint density at radius 1 is 1.17 bits per heavy atom. The van der Waals surface area contributed by atoms with E-state index in [9.17, 15) is 9.59 Å². The molecule has 0 spiro atoms. The molecule has 5 rings (SSSR count). The topological polar surface area (TPSA) is 121 Å². The normalized spacial score (nSPS) is 15.3. The average Bonchev–Trinajstić information content (AvgIpc) is 3.80. The van der Waals surface area contributed by atoms with Crippen LogP contribution < -0.4 is 14.8 Å². The van der Waals surface area contributed by atoms with Crippen LogP contribution in [0.3, 0.4) is 0 Å². The molecule has 11 nitrogen and oxygen atoms in total. The number of methoxy groups -OCH3 is 2. The first kappa shape index (κ1) is 29.5. The van der Waals surface area contributed by atoms with Crippen molar-refractivity contribution in [3.8, 4) is 22.9 Å². The predicted molar refractivity (Wildman–Crippen MR) is 157 cm³/mol. The molecule has 220 valence electrons. The third-order valence-electron chi connectivity index (χ3n) is 6.89. The summed E-state index contributed by atoms with van der Waals surface area (Å²) < 4.78 is 16.4. The molecule has 2 aromatic heterocycles. The van der Waals surface area contributed by atoms with E-state index in [-0.39, 0.29) is 31.0 Å². The minimum Gasteiger partial charge on any atom is -0.493 e. The third-order valence-corrected chi connectivity index (χ3v) is 8.18. The fourth-order valence-electron chi connectivity index (χ4n) is 4.73. The van der Waals surface area contributed by atoms with Crippen LogP contribution in [0.4, 0.5) is 0 Å². The van der Waals surface area contributed by atoms with Gasteiger partial charge >= 0.3 is 0 Å². The number of carbonyl (C=O) groups is 2. The molecule has 0 aliphatic carbocycles. The summed E-state index contributed by atoms with van der Waals surface area (Å²) in [4.78, 5) is 31.1. The van der Waals surface area contributed by atoms with E-state index in [1.165, 1.54) is 21.0 Å². The van der Waals surface area contributed by atoms with E-state index in [2.05, 4.69) is 20.7 Å². The van der Waals surface area contributed by atoms with Gasteiger partial charge in [-0.05, 0) is 59.3 Å². The Kier molecular flexibility index (Phi) is 9.67. The molecule has 1 fully saturated rings. The molecule has 1 N–H and O–H groups in total. The minimum absolute atomic E-state index is 0.0417. The maximum absolute atomic E-state index is 14.0. The summed E-state index contributed by atoms with van der Waals surface area (Å²) >= 11 is 7.90. The molecular weight excluding hydrogens is 580 g/mol. The van der Waals surface area contributed by atoms with Crippen LogP contribution in [0, 0.1) is 0 Å². The van der Waals surface area contributed by atoms with Gasteiger partial charge in [-0.2, -0.15) is 4.80 Å². The molecule has 1 aliphatic heterocycles. The van der Waals surface area contributed by atoms with Gasteiger partial charge in [0.25, 0.3) is 0 Å². The molecule has 0 saturated carbocycles. The van der Waals surface area contributed by atoms with Crippen LogP contribution in [0.15, 0.2) is 60.0 Å². The van der Waals surface area contributed by atoms with Gasteiger partial charge in [-0.15, -0.1) is 21.5 Å². The summed E-state index contributed by atoms with van der Waals surface area (Å²) in [6.07, 6.45) is 1.80. The van der Waals surface area contributed by atoms with E-state index < -0.39 is 6.04 Å². The van der Waals surface area contributed by atoms with Gasteiger partial charge in [-0.1, -0.05) is 35.9 Å². The Bertz CT molecular complexity index is 1510. The highest BCUT2D eigenvalue weighted by molar-refractivity contribution is 7.10. The molecule has 2 unspecified atom stereocenters. The smallest absolute Gasteiger partial charge is 0.248 e. The first-order valence-electron chi connectivity index (χ1n) is 13.4. The van der Waals surface area contributed by atoms with Crippen molar-refractivity contribution < 1.29 is 23.8 Å². The second kappa shape index (κ2) is 13.8. The van der Waals surface area contributed by atoms with E-state index in [1.54, 1.807) is 38.5 Å². The Morgan fingerprint density at radius 3 is 2.71 bits per heavy atom. The molecule has 42 heavy (non-hydrogen) atoms. The van der Waals surface area contributed by atoms with Crippen molar-refractivity contribution in [3.63, 3.8) is 0 Å². The molecule has 2 atom stereocenters. The van der Waals surface area contributed by atoms with Gasteiger partial charge in [0.15, 0.2) is 11.5 Å². The van der Waals surface area contributed by atoms with Crippen molar-refractivity contribution in [3.05, 3.63) is 75.4 Å². The lowest BCUT2D eigenvalue weighted by molar-refractivity contribution is -0.142. The number of carbonyl (C=O) groups excluding carboxylic acids is 2. The zero-order chi connectivity index (χ0) is 29.5. The van der Waals surface area contributed by atoms with Gasteiger partial charge in [-0.3, -0.25) is 9.59 Å². The number of nitrogens with zero attached hydrogens (tertiary/aromatic N) is 5. The highest BCUT2D eigenvalue weighted by Crippen LogP contribution is 2.32. The summed E-state index contributed by atoms with van der Waals surface area (Å²) in [5, 5.41) is 18.0. The van der Waals surface area contributed by atoms with Gasteiger partial charge in [-0.25, -0.2) is 0 Å². The first-order valence-corrected chi connectivity index (χ1v) is 14.7. The number of benzene rings is 2. The Labute approximate surface area is 252 Å². The van der Waals surface area contributed by atoms with Gasteiger partial charge < -0.3 is 24.4 Å². The van der Waals surface area contributed by atoms with E-state index in [0.717, 1.165) is 17.7 Å². The van der Waals surface area contributed by atoms with Crippen molar-refractivity contribution in [1.29, 1.82) is 0 Å². The molecular formula is C29H31ClN6O5S. The number of amides is 2. The molecule has 0 radical (unpaired) electrons. The number of aromatic nitrogens is 4. The minimum atomic E-state index is -0.899. The van der Waals surface area contributed by atoms with Crippen LogP contribution in [0.25, 0.3) is 11.4 Å². The molecule has 1 aliphatic rings. The highest BCUT2D eigenvalue weighted by Gasteiger charge is 2.34. The van der Waals surface area contributed by atoms with E-state index in [0.29, 0.717) is 46.6 Å². The van der Waals surface area contributed by atoms with Crippen LogP contribution in [-0.2, 0) is 27.4 Å². The zero-order valence-electron chi connectivity index (χ0n) is 23.2. The molecule has 2 aromatic carbocycles. The summed E-state index contributed by atoms with van der Waals surface area (Å²) in [5.41, 5.74) is 1.35. The standard InChI is InChI=1S/C29H31ClN6O5S/c1-39-23-12-11-19(15-24(23)40-2)28-32-34-36(33-28)18-26(37)35(17-20-7-3-4-9-22(20)30)27(25-10-6-14-42-25)29(38)31-16-21-8-5-13-41-21/h3-4,6-7,9-12,14-15,21,27H,5,8,13,16-18H2,1-2H3,(H,31,38). The second-order valence-electron chi connectivity index (χ2n) is 9.62. The van der Waals surface area contributed by atoms with Crippen molar-refractivity contribution in [1.82, 2.24) is 30.4 Å². The quantitative estimate of drug-likeness (QED) is 0.254. The van der Waals surface area contributed by atoms with E-state index in [4.69, 9.17) is 25.8 Å². The molecule has 3 heterocycles. The van der Waals surface area contributed by atoms with Crippen molar-refractivity contribution >= 4 is 34.8 Å². The largest absolute Gasteiger partial charge is 0.493 e. The van der Waals surface area contributed by atoms with Crippen LogP contribution in [-0.4, -0.2) is 70.4 Å². The molecule has 2 amide bonds. The number of rotatable bonds is 12. The number of halogens is 1. The van der Waals surface area contributed by atoms with Gasteiger partial charge in [0.2, 0.25) is 17.6 Å². The second-order valence-corrected chi connectivity index (χ2v) is 11.0. The van der Waals surface area contributed by atoms with Crippen molar-refractivity contribution in [2.75, 3.05) is 27.4 Å². The Balaban J connectivity index is 1.42. The molecule has 4 aromatic rings. The lowest BCUT2D eigenvalue weighted by Gasteiger charge is -2.31. The van der Waals surface area contributed by atoms with Gasteiger partial charge in [0, 0.05) is 35.2 Å². The van der Waals surface area contributed by atoms with Crippen LogP contribution >= 0.6 is 22.9 Å². The predicted octanol–water partition coefficient (Wildman–Crippen LogP) is 4.14. The average molecular weight is 611 g/mol. The number of hydrogen-bond acceptors (Lipinski definition) is 9. The SMILES string of the molecule is COc1ccc(-c2nnn(CC(=O)N(Cc3ccccc3Cl)C(C(=O)NCC3CCCO3)c3cccs3)n2)cc1OC. The molecule has 1 saturated heterocycles. The van der Waals surface area contributed by atoms with E-state index >= 15 is 0 Å². The highest BCUT2D eigenvalue weighted by atomic mass is 35.5. The molecule has 0 bridgehead atoms. The summed E-state index contributed by atoms with van der Waals surface area (Å²) in [7, 11) is 3.09. The fraction of sp³-hybridized carbons (Fsp3) is 0.345. The van der Waals surface area contributed by atoms with Gasteiger partial charge in [0.1, 0.15) is 12.6 Å². The molecule has 13 heteroatoms. The maximum Gasteiger partial charge on any atom is 0.248 e. The number of thiophene rings is 1. The lowest BCUT2D eigenvalue weighted by atomic mass is 10.1. The number of tetrazole rings is 1. The summed E-state index contributed by atoms with van der Waals surface area (Å²) in [6.45, 7) is 0.910. The van der Waals surface area contributed by atoms with Crippen LogP contribution in [0.1, 0.15) is 29.3 Å². The van der Waals surface area contributed by atoms with Gasteiger partial charge in [0.05, 0.1) is 20.3 Å². The van der Waals surface area contributed by atoms with Crippen LogP contribution in [0.5, 0.6) is 11.5 Å². The van der Waals surface area contributed by atoms with Crippen molar-refractivity contribution in [2.24, 2.45) is 0 Å². The maximum atomic E-state index is 14.0. The number of nitrogens with one attached hydrogen (secondary N) is 1. The van der Waals surface area contributed by atoms with Crippen molar-refractivity contribution in [2.45, 2.75) is 38.1 Å². The van der Waals surface area contributed by atoms with E-state index in [1.807, 2.05) is 35.7 Å². The zero-order valence-corrected chi connectivity index (χ0v) is 24.8. The fourth-order valence-corrected chi connectivity index (χ4v) is 5.76. The summed E-state index contributed by atoms with van der Waals surface area (Å²) in [5.74, 6) is 0.714. The number of hydrogen-bond donors (Lipinski definition) is 1. The van der Waals surface area contributed by atoms with Crippen LogP contribution in [0.2, 0.25) is 5.02 Å². The lowest BCUT2D eigenvalue weighted by Crippen LogP contribution is -2.45. The Morgan fingerprint density at radius 2 is 2.00 bits per heavy atom. The first-order chi connectivity index (χ1) is 20.5. The monoisotopic (exact) mass is 610 g/mol.